The predicted molar refractivity (Wildman–Crippen MR) is 57.3 cm³/mol. The number of halogens is 1. The molecule has 0 spiro atoms. The summed E-state index contributed by atoms with van der Waals surface area (Å²) >= 11 is 0. The lowest BCUT2D eigenvalue weighted by Gasteiger charge is -2.14. The molecular weight excluding hydrogens is 179 g/mol. The molecule has 0 aromatic heterocycles. The van der Waals surface area contributed by atoms with Gasteiger partial charge in [-0.25, -0.2) is 4.39 Å². The van der Waals surface area contributed by atoms with Gasteiger partial charge in [-0.15, -0.1) is 0 Å². The van der Waals surface area contributed by atoms with Crippen LogP contribution in [0.4, 0.5) is 10.1 Å². The Kier molecular flexibility index (Phi) is 3.89. The molecule has 1 unspecified atom stereocenters. The van der Waals surface area contributed by atoms with Gasteiger partial charge in [-0.05, 0) is 18.1 Å². The van der Waals surface area contributed by atoms with Crippen molar-refractivity contribution < 1.29 is 4.39 Å². The SMILES string of the molecule is CCCCC(N)c1cccc(F)c1N. The van der Waals surface area contributed by atoms with Crippen LogP contribution in [0.25, 0.3) is 0 Å². The smallest absolute Gasteiger partial charge is 0.146 e. The quantitative estimate of drug-likeness (QED) is 0.727. The molecule has 4 N–H and O–H groups in total. The molecule has 1 atom stereocenters. The maximum atomic E-state index is 13.1. The summed E-state index contributed by atoms with van der Waals surface area (Å²) in [5.74, 6) is -0.380. The molecule has 0 radical (unpaired) electrons. The van der Waals surface area contributed by atoms with Crippen LogP contribution in [-0.4, -0.2) is 0 Å². The van der Waals surface area contributed by atoms with Crippen LogP contribution in [0.15, 0.2) is 18.2 Å². The summed E-state index contributed by atoms with van der Waals surface area (Å²) in [6, 6.07) is 4.64. The first-order chi connectivity index (χ1) is 6.66. The molecule has 0 bridgehead atoms. The fraction of sp³-hybridized carbons (Fsp3) is 0.455. The molecule has 0 aliphatic carbocycles. The lowest BCUT2D eigenvalue weighted by atomic mass is 10.0. The van der Waals surface area contributed by atoms with Crippen LogP contribution in [-0.2, 0) is 0 Å². The average Bonchev–Trinajstić information content (AvgIpc) is 2.18. The van der Waals surface area contributed by atoms with Gasteiger partial charge in [0.2, 0.25) is 0 Å². The average molecular weight is 196 g/mol. The minimum absolute atomic E-state index is 0.148. The van der Waals surface area contributed by atoms with E-state index in [1.807, 2.05) is 0 Å². The molecule has 2 nitrogen and oxygen atoms in total. The normalized spacial score (nSPS) is 12.8. The number of nitrogen functional groups attached to an aromatic ring is 1. The van der Waals surface area contributed by atoms with Gasteiger partial charge in [-0.1, -0.05) is 31.9 Å². The molecule has 0 saturated heterocycles. The first-order valence-electron chi connectivity index (χ1n) is 4.96. The van der Waals surface area contributed by atoms with Gasteiger partial charge in [0.15, 0.2) is 0 Å². The molecule has 1 rings (SSSR count). The second-order valence-electron chi connectivity index (χ2n) is 3.49. The lowest BCUT2D eigenvalue weighted by molar-refractivity contribution is 0.592. The number of hydrogen-bond donors (Lipinski definition) is 2. The van der Waals surface area contributed by atoms with Crippen molar-refractivity contribution in [3.63, 3.8) is 0 Å². The van der Waals surface area contributed by atoms with Crippen LogP contribution in [0.1, 0.15) is 37.8 Å². The lowest BCUT2D eigenvalue weighted by Crippen LogP contribution is -2.13. The highest BCUT2D eigenvalue weighted by atomic mass is 19.1. The minimum atomic E-state index is -0.380. The highest BCUT2D eigenvalue weighted by Gasteiger charge is 2.11. The first kappa shape index (κ1) is 11.0. The van der Waals surface area contributed by atoms with Crippen molar-refractivity contribution in [2.45, 2.75) is 32.2 Å². The Balaban J connectivity index is 2.79. The van der Waals surface area contributed by atoms with E-state index in [1.165, 1.54) is 6.07 Å². The molecule has 0 aliphatic rings. The van der Waals surface area contributed by atoms with Gasteiger partial charge in [0.1, 0.15) is 5.82 Å². The van der Waals surface area contributed by atoms with Gasteiger partial charge in [0.25, 0.3) is 0 Å². The summed E-state index contributed by atoms with van der Waals surface area (Å²) in [7, 11) is 0. The molecule has 78 valence electrons. The second kappa shape index (κ2) is 4.96. The number of para-hydroxylation sites is 1. The summed E-state index contributed by atoms with van der Waals surface area (Å²) in [5, 5.41) is 0. The van der Waals surface area contributed by atoms with Crippen LogP contribution >= 0.6 is 0 Å². The third kappa shape index (κ3) is 2.45. The number of unbranched alkanes of at least 4 members (excludes halogenated alkanes) is 1. The zero-order valence-electron chi connectivity index (χ0n) is 8.46. The van der Waals surface area contributed by atoms with Crippen molar-refractivity contribution in [2.75, 3.05) is 5.73 Å². The van der Waals surface area contributed by atoms with Crippen LogP contribution in [0, 0.1) is 5.82 Å². The van der Waals surface area contributed by atoms with Crippen LogP contribution < -0.4 is 11.5 Å². The Hall–Kier alpha value is -1.09. The highest BCUT2D eigenvalue weighted by molar-refractivity contribution is 5.49. The Labute approximate surface area is 84.1 Å². The van der Waals surface area contributed by atoms with Crippen molar-refractivity contribution in [1.29, 1.82) is 0 Å². The summed E-state index contributed by atoms with van der Waals surface area (Å²) in [6.07, 6.45) is 2.98. The van der Waals surface area contributed by atoms with Gasteiger partial charge in [-0.2, -0.15) is 0 Å². The van der Waals surface area contributed by atoms with Gasteiger partial charge >= 0.3 is 0 Å². The fourth-order valence-corrected chi connectivity index (χ4v) is 1.46. The molecule has 1 aromatic carbocycles. The third-order valence-electron chi connectivity index (χ3n) is 2.35. The van der Waals surface area contributed by atoms with E-state index in [0.29, 0.717) is 0 Å². The van der Waals surface area contributed by atoms with Crippen LogP contribution in [0.2, 0.25) is 0 Å². The molecule has 0 heterocycles. The van der Waals surface area contributed by atoms with E-state index in [2.05, 4.69) is 6.92 Å². The standard InChI is InChI=1S/C11H17FN2/c1-2-3-7-10(13)8-5-4-6-9(12)11(8)14/h4-6,10H,2-3,7,13-14H2,1H3. The Bertz CT molecular complexity index is 299. The molecule has 1 aromatic rings. The van der Waals surface area contributed by atoms with Crippen molar-refractivity contribution in [3.05, 3.63) is 29.6 Å². The van der Waals surface area contributed by atoms with E-state index < -0.39 is 0 Å². The van der Waals surface area contributed by atoms with Crippen LogP contribution in [0.3, 0.4) is 0 Å². The zero-order valence-corrected chi connectivity index (χ0v) is 8.46. The van der Waals surface area contributed by atoms with E-state index in [4.69, 9.17) is 11.5 Å². The molecular formula is C11H17FN2. The Morgan fingerprint density at radius 3 is 2.79 bits per heavy atom. The molecule has 0 aliphatic heterocycles. The van der Waals surface area contributed by atoms with E-state index in [0.717, 1.165) is 24.8 Å². The van der Waals surface area contributed by atoms with Gasteiger partial charge in [0.05, 0.1) is 5.69 Å². The number of nitrogens with two attached hydrogens (primary N) is 2. The first-order valence-corrected chi connectivity index (χ1v) is 4.96. The van der Waals surface area contributed by atoms with Crippen molar-refractivity contribution in [2.24, 2.45) is 5.73 Å². The topological polar surface area (TPSA) is 52.0 Å². The molecule has 14 heavy (non-hydrogen) atoms. The van der Waals surface area contributed by atoms with Crippen LogP contribution in [0.5, 0.6) is 0 Å². The number of benzene rings is 1. The van der Waals surface area contributed by atoms with Crippen molar-refractivity contribution >= 4 is 5.69 Å². The summed E-state index contributed by atoms with van der Waals surface area (Å²) in [5.41, 5.74) is 12.4. The summed E-state index contributed by atoms with van der Waals surface area (Å²) in [4.78, 5) is 0. The highest BCUT2D eigenvalue weighted by Crippen LogP contribution is 2.24. The zero-order chi connectivity index (χ0) is 10.6. The van der Waals surface area contributed by atoms with Gasteiger partial charge in [0, 0.05) is 6.04 Å². The summed E-state index contributed by atoms with van der Waals surface area (Å²) < 4.78 is 13.1. The largest absolute Gasteiger partial charge is 0.396 e. The second-order valence-corrected chi connectivity index (χ2v) is 3.49. The van der Waals surface area contributed by atoms with Crippen molar-refractivity contribution in [3.8, 4) is 0 Å². The molecule has 3 heteroatoms. The van der Waals surface area contributed by atoms with Crippen molar-refractivity contribution in [1.82, 2.24) is 0 Å². The summed E-state index contributed by atoms with van der Waals surface area (Å²) in [6.45, 7) is 2.10. The fourth-order valence-electron chi connectivity index (χ4n) is 1.46. The monoisotopic (exact) mass is 196 g/mol. The van der Waals surface area contributed by atoms with E-state index in [9.17, 15) is 4.39 Å². The molecule has 0 amide bonds. The predicted octanol–water partition coefficient (Wildman–Crippen LogP) is 2.60. The Morgan fingerprint density at radius 2 is 2.14 bits per heavy atom. The number of hydrogen-bond acceptors (Lipinski definition) is 2. The number of anilines is 1. The van der Waals surface area contributed by atoms with E-state index >= 15 is 0 Å². The van der Waals surface area contributed by atoms with E-state index in [-0.39, 0.29) is 17.5 Å². The van der Waals surface area contributed by atoms with Gasteiger partial charge in [-0.3, -0.25) is 0 Å². The Morgan fingerprint density at radius 1 is 1.43 bits per heavy atom. The maximum absolute atomic E-state index is 13.1. The van der Waals surface area contributed by atoms with E-state index in [1.54, 1.807) is 12.1 Å². The third-order valence-corrected chi connectivity index (χ3v) is 2.35. The molecule has 0 saturated carbocycles. The minimum Gasteiger partial charge on any atom is -0.396 e. The maximum Gasteiger partial charge on any atom is 0.146 e. The number of rotatable bonds is 4. The van der Waals surface area contributed by atoms with Gasteiger partial charge < -0.3 is 11.5 Å². The molecule has 0 fully saturated rings.